The van der Waals surface area contributed by atoms with Crippen LogP contribution >= 0.6 is 0 Å². The van der Waals surface area contributed by atoms with Gasteiger partial charge in [-0.25, -0.2) is 29.2 Å². The van der Waals surface area contributed by atoms with Gasteiger partial charge in [0.25, 0.3) is 5.91 Å². The van der Waals surface area contributed by atoms with Crippen molar-refractivity contribution in [2.75, 3.05) is 47.1 Å². The molecule has 4 aliphatic rings. The monoisotopic (exact) mass is 1040 g/mol. The van der Waals surface area contributed by atoms with E-state index in [9.17, 15) is 34.2 Å². The number of likely N-dealkylation sites (tertiary alicyclic amines) is 2. The first-order valence-corrected chi connectivity index (χ1v) is 24.7. The van der Waals surface area contributed by atoms with Crippen molar-refractivity contribution < 1.29 is 63.0 Å². The van der Waals surface area contributed by atoms with Crippen LogP contribution in [0.4, 0.5) is 9.59 Å². The number of amides is 5. The Balaban J connectivity index is 0.000000371. The van der Waals surface area contributed by atoms with Gasteiger partial charge in [0.05, 0.1) is 76.5 Å². The normalized spacial score (nSPS) is 22.8. The van der Waals surface area contributed by atoms with Crippen molar-refractivity contribution in [3.8, 4) is 33.6 Å². The molecule has 0 radical (unpaired) electrons. The molecule has 4 saturated heterocycles. The van der Waals surface area contributed by atoms with E-state index in [1.807, 2.05) is 52.0 Å². The van der Waals surface area contributed by atoms with Gasteiger partial charge < -0.3 is 75.1 Å². The van der Waals surface area contributed by atoms with Crippen LogP contribution in [0.25, 0.3) is 33.6 Å². The summed E-state index contributed by atoms with van der Waals surface area (Å²) in [5, 5.41) is 37.2. The molecule has 25 heteroatoms. The smallest absolute Gasteiger partial charge is 0.407 e. The number of nitrogens with one attached hydrogen (secondary N) is 4. The molecule has 0 saturated carbocycles. The molecule has 25 nitrogen and oxygen atoms in total. The molecule has 3 aromatic heterocycles. The number of H-pyrrole nitrogens is 2. The third-order valence-electron chi connectivity index (χ3n) is 13.8. The fourth-order valence-electron chi connectivity index (χ4n) is 9.69. The van der Waals surface area contributed by atoms with Gasteiger partial charge in [0.2, 0.25) is 17.6 Å². The fourth-order valence-corrected chi connectivity index (χ4v) is 9.69. The first-order chi connectivity index (χ1) is 35.9. The highest BCUT2D eigenvalue weighted by Gasteiger charge is 2.53. The summed E-state index contributed by atoms with van der Waals surface area (Å²) >= 11 is 0. The lowest BCUT2D eigenvalue weighted by molar-refractivity contribution is -0.153. The topological polar surface area (TPSA) is 337 Å². The van der Waals surface area contributed by atoms with Crippen LogP contribution in [0.3, 0.4) is 0 Å². The van der Waals surface area contributed by atoms with E-state index in [0.29, 0.717) is 37.8 Å². The molecule has 0 aliphatic carbocycles. The number of aromatic nitrogens is 7. The number of methoxy groups -OCH3 is 2. The average Bonchev–Trinajstić information content (AvgIpc) is 4.29. The molecule has 0 bridgehead atoms. The number of carbonyl (C=O) groups excluding carboxylic acids is 5. The van der Waals surface area contributed by atoms with E-state index >= 15 is 0 Å². The van der Waals surface area contributed by atoms with Gasteiger partial charge in [-0.1, -0.05) is 76.2 Å². The highest BCUT2D eigenvalue weighted by Crippen LogP contribution is 2.43. The molecule has 5 amide bonds. The number of hydrogen-bond acceptors (Lipinski definition) is 17. The lowest BCUT2D eigenvalue weighted by Gasteiger charge is -2.30. The Bertz CT molecular complexity index is 2790. The average molecular weight is 1040 g/mol. The number of carbonyl (C=O) groups is 5. The zero-order valence-electron chi connectivity index (χ0n) is 42.4. The van der Waals surface area contributed by atoms with Crippen LogP contribution in [-0.2, 0) is 33.3 Å². The highest BCUT2D eigenvalue weighted by molar-refractivity contribution is 5.89. The summed E-state index contributed by atoms with van der Waals surface area (Å²) in [6.07, 6.45) is 0.999. The van der Waals surface area contributed by atoms with Crippen LogP contribution in [0.2, 0.25) is 0 Å². The number of primary amides is 1. The van der Waals surface area contributed by atoms with Gasteiger partial charge in [0.1, 0.15) is 48.4 Å². The maximum Gasteiger partial charge on any atom is 0.407 e. The largest absolute Gasteiger partial charge is 0.453 e. The van der Waals surface area contributed by atoms with Gasteiger partial charge in [0.15, 0.2) is 12.0 Å². The Morgan fingerprint density at radius 1 is 0.760 bits per heavy atom. The molecular weight excluding hydrogens is 977 g/mol. The number of aromatic amines is 2. The van der Waals surface area contributed by atoms with Crippen LogP contribution in [0.1, 0.15) is 87.5 Å². The number of rotatable bonds is 14. The number of nitrogens with zero attached hydrogens (tertiary/aromatic N) is 7. The Morgan fingerprint density at radius 2 is 1.27 bits per heavy atom. The summed E-state index contributed by atoms with van der Waals surface area (Å²) in [6.45, 7) is 8.77. The summed E-state index contributed by atoms with van der Waals surface area (Å²) in [7, 11) is 2.56. The molecule has 9 N–H and O–H groups in total. The van der Waals surface area contributed by atoms with E-state index in [2.05, 4.69) is 59.9 Å². The summed E-state index contributed by atoms with van der Waals surface area (Å²) in [5.74, 6) is -1.36. The molecule has 8 atom stereocenters. The molecule has 75 heavy (non-hydrogen) atoms. The Hall–Kier alpha value is -7.29. The Labute approximate surface area is 431 Å². The molecule has 5 aromatic rings. The SMILES string of the molecule is COC(=O)N[C@H](C(=O)N1CCC[C@H]1c1ncc(-c2ccc(-c3ccc(-c4cnc([C@@H]5CC6(CN5C(=O)[C@@H](NC(=O)OC)C(C)C)OCCO6)[nH]4)cc3)cc2)[nH]1)C(C)C.NC(=O)c1ncn([C@@H]2O[C@H](CO)[C@@H](O)[C@H]2O)n1. The number of ether oxygens (including phenoxy) is 5. The number of benzene rings is 2. The van der Waals surface area contributed by atoms with Crippen LogP contribution in [-0.4, -0.2) is 173 Å². The van der Waals surface area contributed by atoms with Crippen molar-refractivity contribution in [2.24, 2.45) is 17.6 Å². The Morgan fingerprint density at radius 3 is 1.73 bits per heavy atom. The van der Waals surface area contributed by atoms with Gasteiger partial charge in [-0.2, -0.15) is 0 Å². The minimum Gasteiger partial charge on any atom is -0.453 e. The third-order valence-corrected chi connectivity index (χ3v) is 13.8. The van der Waals surface area contributed by atoms with Gasteiger partial charge in [-0.3, -0.25) is 14.4 Å². The van der Waals surface area contributed by atoms with Gasteiger partial charge in [-0.05, 0) is 46.9 Å². The zero-order chi connectivity index (χ0) is 53.7. The van der Waals surface area contributed by atoms with Gasteiger partial charge in [0, 0.05) is 13.0 Å². The quantitative estimate of drug-likeness (QED) is 0.0792. The lowest BCUT2D eigenvalue weighted by Crippen LogP contribution is -2.52. The summed E-state index contributed by atoms with van der Waals surface area (Å²) in [5.41, 5.74) is 10.6. The van der Waals surface area contributed by atoms with E-state index in [0.717, 1.165) is 57.5 Å². The van der Waals surface area contributed by atoms with Crippen molar-refractivity contribution in [3.63, 3.8) is 0 Å². The lowest BCUT2D eigenvalue weighted by atomic mass is 10.0. The first-order valence-electron chi connectivity index (χ1n) is 24.7. The van der Waals surface area contributed by atoms with Gasteiger partial charge >= 0.3 is 12.2 Å². The minimum atomic E-state index is -1.27. The molecule has 7 heterocycles. The second-order valence-corrected chi connectivity index (χ2v) is 19.4. The van der Waals surface area contributed by atoms with E-state index in [4.69, 9.17) is 39.5 Å². The summed E-state index contributed by atoms with van der Waals surface area (Å²) < 4.78 is 27.8. The second-order valence-electron chi connectivity index (χ2n) is 19.4. The third kappa shape index (κ3) is 11.7. The van der Waals surface area contributed by atoms with E-state index in [1.165, 1.54) is 14.2 Å². The first kappa shape index (κ1) is 54.0. The van der Waals surface area contributed by atoms with Crippen LogP contribution in [0.15, 0.2) is 67.3 Å². The predicted octanol–water partition coefficient (Wildman–Crippen LogP) is 2.56. The summed E-state index contributed by atoms with van der Waals surface area (Å²) in [4.78, 5) is 85.7. The molecule has 2 aromatic carbocycles. The van der Waals surface area contributed by atoms with Crippen molar-refractivity contribution >= 4 is 29.9 Å². The predicted molar refractivity (Wildman–Crippen MR) is 264 cm³/mol. The number of hydrogen-bond donors (Lipinski definition) is 8. The highest BCUT2D eigenvalue weighted by atomic mass is 16.7. The Kier molecular flexibility index (Phi) is 16.6. The number of alkyl carbamates (subject to hydrolysis) is 2. The van der Waals surface area contributed by atoms with Crippen molar-refractivity contribution in [1.29, 1.82) is 0 Å². The van der Waals surface area contributed by atoms with Gasteiger partial charge in [-0.15, -0.1) is 5.10 Å². The number of aliphatic hydroxyl groups is 3. The standard InChI is InChI=1S/C42H52N8O8.C8H12N4O5/c1-24(2)34(47-40(53)55-5)38(51)49-17-7-8-32(49)36-43-21-30(45-36)28-13-9-26(10-14-28)27-11-15-29(16-12-27)31-22-44-37(46-31)33-20-42(57-18-19-58-42)23-50(33)39(52)35(25(3)4)48-41(54)56-6;9-6(16)7-10-2-12(11-7)8-5(15)4(14)3(1-13)17-8/h9-16,21-22,24-25,32-35H,7-8,17-20,23H2,1-6H3,(H,43,45)(H,44,46)(H,47,53)(H,48,54);2-5,8,13-15H,1H2,(H2,9,16)/t32-,33-,34-,35-;3-,4-,5-,8-/m01/s1. The molecule has 402 valence electrons. The molecule has 4 fully saturated rings. The number of nitrogens with two attached hydrogens (primary N) is 1. The fraction of sp³-hybridized carbons (Fsp3) is 0.500. The van der Waals surface area contributed by atoms with Crippen molar-refractivity contribution in [1.82, 2.24) is 55.1 Å². The van der Waals surface area contributed by atoms with Crippen LogP contribution < -0.4 is 16.4 Å². The maximum absolute atomic E-state index is 13.9. The molecule has 0 unspecified atom stereocenters. The number of aliphatic hydroxyl groups excluding tert-OH is 3. The molecule has 9 rings (SSSR count). The van der Waals surface area contributed by atoms with Crippen LogP contribution in [0, 0.1) is 11.8 Å². The zero-order valence-corrected chi connectivity index (χ0v) is 42.4. The van der Waals surface area contributed by atoms with E-state index in [1.54, 1.807) is 22.2 Å². The molecular formula is C50H64N12O13. The van der Waals surface area contributed by atoms with E-state index in [-0.39, 0.29) is 42.1 Å². The maximum atomic E-state index is 13.9. The summed E-state index contributed by atoms with van der Waals surface area (Å²) in [6, 6.07) is 14.2. The second kappa shape index (κ2) is 23.1. The number of imidazole rings is 2. The van der Waals surface area contributed by atoms with Crippen molar-refractivity contribution in [2.45, 2.75) is 101 Å². The van der Waals surface area contributed by atoms with Crippen molar-refractivity contribution in [3.05, 3.63) is 84.7 Å². The van der Waals surface area contributed by atoms with Crippen LogP contribution in [0.5, 0.6) is 0 Å². The molecule has 1 spiro atoms. The molecule has 4 aliphatic heterocycles. The minimum absolute atomic E-state index is 0.112. The van der Waals surface area contributed by atoms with E-state index < -0.39 is 73.2 Å².